The van der Waals surface area contributed by atoms with Gasteiger partial charge in [0.15, 0.2) is 0 Å². The molecule has 1 heterocycles. The van der Waals surface area contributed by atoms with Crippen molar-refractivity contribution in [2.75, 3.05) is 26.3 Å². The average Bonchev–Trinajstić information content (AvgIpc) is 2.54. The summed E-state index contributed by atoms with van der Waals surface area (Å²) in [6, 6.07) is 0. The van der Waals surface area contributed by atoms with E-state index in [1.807, 2.05) is 6.92 Å². The summed E-state index contributed by atoms with van der Waals surface area (Å²) < 4.78 is 5.12. The van der Waals surface area contributed by atoms with Crippen molar-refractivity contribution in [3.05, 3.63) is 0 Å². The lowest BCUT2D eigenvalue weighted by Crippen LogP contribution is -2.29. The minimum Gasteiger partial charge on any atom is -0.388 e. The van der Waals surface area contributed by atoms with Crippen LogP contribution in [0.25, 0.3) is 0 Å². The number of amides is 1. The fourth-order valence-electron chi connectivity index (χ4n) is 1.60. The maximum Gasteiger partial charge on any atom is 0.222 e. The Labute approximate surface area is 89.6 Å². The first kappa shape index (κ1) is 12.4. The highest BCUT2D eigenvalue weighted by molar-refractivity contribution is 5.76. The summed E-state index contributed by atoms with van der Waals surface area (Å²) in [5.41, 5.74) is 0. The maximum atomic E-state index is 11.5. The van der Waals surface area contributed by atoms with E-state index in [4.69, 9.17) is 4.74 Å². The Bertz CT molecular complexity index is 200. The molecule has 5 nitrogen and oxygen atoms in total. The van der Waals surface area contributed by atoms with E-state index in [0.717, 1.165) is 0 Å². The standard InChI is InChI=1S/C10H19NO4/c1-2-15-5-3-4-10(14)11-6-8(12)9(13)7-11/h8-9,12-13H,2-7H2,1H3/t8-,9+. The molecule has 88 valence electrons. The number of carbonyl (C=O) groups excluding carboxylic acids is 1. The SMILES string of the molecule is CCOCCCC(=O)N1C[C@@H](O)[C@@H](O)C1. The van der Waals surface area contributed by atoms with Crippen molar-refractivity contribution in [3.8, 4) is 0 Å². The number of ether oxygens (including phenoxy) is 1. The van der Waals surface area contributed by atoms with E-state index in [1.54, 1.807) is 0 Å². The van der Waals surface area contributed by atoms with Crippen LogP contribution in [0.4, 0.5) is 0 Å². The second-order valence-electron chi connectivity index (χ2n) is 3.73. The molecule has 1 rings (SSSR count). The lowest BCUT2D eigenvalue weighted by Gasteiger charge is -2.14. The summed E-state index contributed by atoms with van der Waals surface area (Å²) in [5.74, 6) is -0.0229. The van der Waals surface area contributed by atoms with Crippen molar-refractivity contribution in [2.24, 2.45) is 0 Å². The molecule has 1 aliphatic rings. The quantitative estimate of drug-likeness (QED) is 0.601. The molecule has 5 heteroatoms. The number of hydrogen-bond donors (Lipinski definition) is 2. The molecule has 0 saturated carbocycles. The van der Waals surface area contributed by atoms with Gasteiger partial charge in [-0.25, -0.2) is 0 Å². The van der Waals surface area contributed by atoms with E-state index in [1.165, 1.54) is 4.90 Å². The highest BCUT2D eigenvalue weighted by atomic mass is 16.5. The molecule has 0 radical (unpaired) electrons. The smallest absolute Gasteiger partial charge is 0.222 e. The third kappa shape index (κ3) is 3.77. The van der Waals surface area contributed by atoms with Crippen molar-refractivity contribution in [2.45, 2.75) is 32.0 Å². The van der Waals surface area contributed by atoms with Crippen LogP contribution in [-0.2, 0) is 9.53 Å². The van der Waals surface area contributed by atoms with Gasteiger partial charge in [0.1, 0.15) is 0 Å². The summed E-state index contributed by atoms with van der Waals surface area (Å²) in [4.78, 5) is 13.0. The van der Waals surface area contributed by atoms with E-state index < -0.39 is 12.2 Å². The molecule has 1 saturated heterocycles. The molecule has 15 heavy (non-hydrogen) atoms. The zero-order valence-electron chi connectivity index (χ0n) is 9.06. The topological polar surface area (TPSA) is 70.0 Å². The van der Waals surface area contributed by atoms with Crippen LogP contribution in [0.2, 0.25) is 0 Å². The molecule has 1 fully saturated rings. The van der Waals surface area contributed by atoms with Gasteiger partial charge in [0.2, 0.25) is 5.91 Å². The Morgan fingerprint density at radius 2 is 2.00 bits per heavy atom. The number of hydrogen-bond acceptors (Lipinski definition) is 4. The zero-order valence-corrected chi connectivity index (χ0v) is 9.06. The van der Waals surface area contributed by atoms with Crippen molar-refractivity contribution in [3.63, 3.8) is 0 Å². The van der Waals surface area contributed by atoms with E-state index in [0.29, 0.717) is 26.1 Å². The average molecular weight is 217 g/mol. The zero-order chi connectivity index (χ0) is 11.3. The van der Waals surface area contributed by atoms with Gasteiger partial charge in [0.25, 0.3) is 0 Å². The van der Waals surface area contributed by atoms with Gasteiger partial charge in [-0.05, 0) is 13.3 Å². The van der Waals surface area contributed by atoms with Gasteiger partial charge in [0, 0.05) is 32.7 Å². The molecule has 0 bridgehead atoms. The highest BCUT2D eigenvalue weighted by Crippen LogP contribution is 2.11. The molecule has 2 N–H and O–H groups in total. The lowest BCUT2D eigenvalue weighted by molar-refractivity contribution is -0.131. The second-order valence-corrected chi connectivity index (χ2v) is 3.73. The summed E-state index contributed by atoms with van der Waals surface area (Å²) in [5, 5.41) is 18.5. The molecule has 1 aliphatic heterocycles. The van der Waals surface area contributed by atoms with Crippen LogP contribution in [0.5, 0.6) is 0 Å². The predicted molar refractivity (Wildman–Crippen MR) is 54.3 cm³/mol. The summed E-state index contributed by atoms with van der Waals surface area (Å²) >= 11 is 0. The molecule has 1 amide bonds. The first-order chi connectivity index (χ1) is 7.15. The van der Waals surface area contributed by atoms with Gasteiger partial charge in [-0.1, -0.05) is 0 Å². The summed E-state index contributed by atoms with van der Waals surface area (Å²) in [7, 11) is 0. The second kappa shape index (κ2) is 6.05. The Kier molecular flexibility index (Phi) is 5.01. The van der Waals surface area contributed by atoms with Crippen molar-refractivity contribution in [1.29, 1.82) is 0 Å². The molecule has 0 spiro atoms. The van der Waals surface area contributed by atoms with Crippen molar-refractivity contribution in [1.82, 2.24) is 4.90 Å². The van der Waals surface area contributed by atoms with Crippen LogP contribution in [0.15, 0.2) is 0 Å². The molecule has 0 aliphatic carbocycles. The van der Waals surface area contributed by atoms with Crippen molar-refractivity contribution < 1.29 is 19.7 Å². The minimum absolute atomic E-state index is 0.0229. The van der Waals surface area contributed by atoms with Gasteiger partial charge in [-0.15, -0.1) is 0 Å². The molecule has 0 unspecified atom stereocenters. The molecule has 0 aromatic carbocycles. The third-order valence-electron chi connectivity index (χ3n) is 2.50. The van der Waals surface area contributed by atoms with Crippen molar-refractivity contribution >= 4 is 5.91 Å². The third-order valence-corrected chi connectivity index (χ3v) is 2.50. The van der Waals surface area contributed by atoms with Crippen LogP contribution < -0.4 is 0 Å². The summed E-state index contributed by atoms with van der Waals surface area (Å²) in [6.45, 7) is 3.65. The van der Waals surface area contributed by atoms with Gasteiger partial charge in [0.05, 0.1) is 12.2 Å². The fourth-order valence-corrected chi connectivity index (χ4v) is 1.60. The van der Waals surface area contributed by atoms with Crippen LogP contribution >= 0.6 is 0 Å². The van der Waals surface area contributed by atoms with E-state index in [-0.39, 0.29) is 19.0 Å². The summed E-state index contributed by atoms with van der Waals surface area (Å²) in [6.07, 6.45) is -0.476. The first-order valence-corrected chi connectivity index (χ1v) is 5.36. The monoisotopic (exact) mass is 217 g/mol. The van der Waals surface area contributed by atoms with E-state index in [2.05, 4.69) is 0 Å². The molecule has 2 atom stereocenters. The van der Waals surface area contributed by atoms with Crippen LogP contribution in [0.1, 0.15) is 19.8 Å². The minimum atomic E-state index is -0.791. The number of β-amino-alcohol motifs (C(OH)–C–C–N with tert-alkyl or cyclic N) is 2. The van der Waals surface area contributed by atoms with Crippen LogP contribution in [-0.4, -0.2) is 59.5 Å². The Hall–Kier alpha value is -0.650. The molecular formula is C10H19NO4. The number of carbonyl (C=O) groups is 1. The Morgan fingerprint density at radius 1 is 1.40 bits per heavy atom. The number of aliphatic hydroxyl groups is 2. The predicted octanol–water partition coefficient (Wildman–Crippen LogP) is -0.633. The first-order valence-electron chi connectivity index (χ1n) is 5.36. The van der Waals surface area contributed by atoms with Gasteiger partial charge in [-0.2, -0.15) is 0 Å². The molecular weight excluding hydrogens is 198 g/mol. The normalized spacial score (nSPS) is 25.9. The largest absolute Gasteiger partial charge is 0.388 e. The molecule has 0 aromatic heterocycles. The van der Waals surface area contributed by atoms with Gasteiger partial charge >= 0.3 is 0 Å². The van der Waals surface area contributed by atoms with Gasteiger partial charge < -0.3 is 19.8 Å². The van der Waals surface area contributed by atoms with E-state index in [9.17, 15) is 15.0 Å². The van der Waals surface area contributed by atoms with Crippen LogP contribution in [0.3, 0.4) is 0 Å². The number of nitrogens with zero attached hydrogens (tertiary/aromatic N) is 1. The fraction of sp³-hybridized carbons (Fsp3) is 0.900. The maximum absolute atomic E-state index is 11.5. The molecule has 0 aromatic rings. The Balaban J connectivity index is 2.18. The number of rotatable bonds is 5. The Morgan fingerprint density at radius 3 is 2.53 bits per heavy atom. The highest BCUT2D eigenvalue weighted by Gasteiger charge is 2.31. The van der Waals surface area contributed by atoms with E-state index >= 15 is 0 Å². The van der Waals surface area contributed by atoms with Gasteiger partial charge in [-0.3, -0.25) is 4.79 Å². The van der Waals surface area contributed by atoms with Crippen LogP contribution in [0, 0.1) is 0 Å². The number of likely N-dealkylation sites (tertiary alicyclic amines) is 1. The lowest BCUT2D eigenvalue weighted by atomic mass is 10.3. The number of aliphatic hydroxyl groups excluding tert-OH is 2.